The van der Waals surface area contributed by atoms with Crippen molar-refractivity contribution in [3.8, 4) is 0 Å². The molecule has 0 bridgehead atoms. The third kappa shape index (κ3) is 5.24. The number of para-hydroxylation sites is 1. The minimum absolute atomic E-state index is 0.0998. The van der Waals surface area contributed by atoms with Crippen LogP contribution in [0.3, 0.4) is 0 Å². The van der Waals surface area contributed by atoms with E-state index in [1.807, 2.05) is 13.0 Å². The lowest BCUT2D eigenvalue weighted by Crippen LogP contribution is -2.33. The molecule has 1 unspecified atom stereocenters. The van der Waals surface area contributed by atoms with Gasteiger partial charge in [0.05, 0.1) is 0 Å². The van der Waals surface area contributed by atoms with Gasteiger partial charge in [0.2, 0.25) is 5.91 Å². The highest BCUT2D eigenvalue weighted by Crippen LogP contribution is 2.29. The second-order valence-corrected chi connectivity index (χ2v) is 6.35. The lowest BCUT2D eigenvalue weighted by Gasteiger charge is -2.23. The zero-order valence-electron chi connectivity index (χ0n) is 13.4. The summed E-state index contributed by atoms with van der Waals surface area (Å²) in [6, 6.07) is 8.55. The Morgan fingerprint density at radius 3 is 2.50 bits per heavy atom. The Hall–Kier alpha value is -1.51. The zero-order valence-corrected chi connectivity index (χ0v) is 13.4. The summed E-state index contributed by atoms with van der Waals surface area (Å²) in [4.78, 5) is 11.7. The molecule has 0 saturated carbocycles. The molecule has 0 aromatic heterocycles. The van der Waals surface area contributed by atoms with Crippen LogP contribution in [0.2, 0.25) is 0 Å². The highest BCUT2D eigenvalue weighted by Gasteiger charge is 2.17. The van der Waals surface area contributed by atoms with Gasteiger partial charge in [0.1, 0.15) is 0 Å². The Kier molecular flexibility index (Phi) is 6.05. The predicted molar refractivity (Wildman–Crippen MR) is 86.1 cm³/mol. The number of carbonyl (C=O) groups is 1. The molecule has 0 fully saturated rings. The van der Waals surface area contributed by atoms with Crippen LogP contribution in [-0.2, 0) is 10.2 Å². The summed E-state index contributed by atoms with van der Waals surface area (Å²) in [5.41, 5.74) is 2.50. The Balaban J connectivity index is 2.53. The van der Waals surface area contributed by atoms with Crippen molar-refractivity contribution < 1.29 is 4.79 Å². The van der Waals surface area contributed by atoms with E-state index in [1.165, 1.54) is 5.56 Å². The Labute approximate surface area is 123 Å². The molecule has 2 N–H and O–H groups in total. The van der Waals surface area contributed by atoms with Crippen molar-refractivity contribution in [3.63, 3.8) is 0 Å². The molecule has 1 aromatic rings. The molecule has 112 valence electrons. The van der Waals surface area contributed by atoms with Gasteiger partial charge in [-0.15, -0.1) is 0 Å². The third-order valence-corrected chi connectivity index (χ3v) is 3.42. The SMILES string of the molecule is CCC(C)NC(=O)CCNc1ccccc1C(C)(C)C. The molecule has 0 aliphatic heterocycles. The van der Waals surface area contributed by atoms with Crippen molar-refractivity contribution in [3.05, 3.63) is 29.8 Å². The fraction of sp³-hybridized carbons (Fsp3) is 0.588. The first kappa shape index (κ1) is 16.5. The monoisotopic (exact) mass is 276 g/mol. The van der Waals surface area contributed by atoms with Gasteiger partial charge in [-0.05, 0) is 30.4 Å². The van der Waals surface area contributed by atoms with Crippen LogP contribution < -0.4 is 10.6 Å². The van der Waals surface area contributed by atoms with Crippen molar-refractivity contribution in [1.82, 2.24) is 5.32 Å². The average Bonchev–Trinajstić information content (AvgIpc) is 2.38. The molecule has 0 aliphatic rings. The Morgan fingerprint density at radius 1 is 1.25 bits per heavy atom. The molecule has 3 heteroatoms. The number of rotatable bonds is 6. The first-order valence-electron chi connectivity index (χ1n) is 7.47. The van der Waals surface area contributed by atoms with Crippen molar-refractivity contribution in [2.75, 3.05) is 11.9 Å². The molecule has 0 spiro atoms. The summed E-state index contributed by atoms with van der Waals surface area (Å²) in [5, 5.41) is 6.36. The van der Waals surface area contributed by atoms with Gasteiger partial charge >= 0.3 is 0 Å². The summed E-state index contributed by atoms with van der Waals surface area (Å²) in [5.74, 6) is 0.111. The van der Waals surface area contributed by atoms with Crippen molar-refractivity contribution >= 4 is 11.6 Å². The van der Waals surface area contributed by atoms with Crippen LogP contribution >= 0.6 is 0 Å². The van der Waals surface area contributed by atoms with Crippen LogP contribution in [0.25, 0.3) is 0 Å². The first-order valence-corrected chi connectivity index (χ1v) is 7.47. The van der Waals surface area contributed by atoms with Gasteiger partial charge in [-0.3, -0.25) is 4.79 Å². The number of anilines is 1. The van der Waals surface area contributed by atoms with E-state index >= 15 is 0 Å². The van der Waals surface area contributed by atoms with Gasteiger partial charge < -0.3 is 10.6 Å². The first-order chi connectivity index (χ1) is 9.34. The largest absolute Gasteiger partial charge is 0.384 e. The van der Waals surface area contributed by atoms with E-state index in [4.69, 9.17) is 0 Å². The molecule has 1 amide bonds. The molecular weight excluding hydrogens is 248 g/mol. The summed E-state index contributed by atoms with van der Waals surface area (Å²) < 4.78 is 0. The molecular formula is C17H28N2O. The quantitative estimate of drug-likeness (QED) is 0.832. The summed E-state index contributed by atoms with van der Waals surface area (Å²) in [6.07, 6.45) is 1.47. The van der Waals surface area contributed by atoms with E-state index < -0.39 is 0 Å². The standard InChI is InChI=1S/C17H28N2O/c1-6-13(2)19-16(20)11-12-18-15-10-8-7-9-14(15)17(3,4)5/h7-10,13,18H,6,11-12H2,1-5H3,(H,19,20). The molecule has 3 nitrogen and oxygen atoms in total. The molecule has 1 aromatic carbocycles. The lowest BCUT2D eigenvalue weighted by atomic mass is 9.86. The number of benzene rings is 1. The van der Waals surface area contributed by atoms with Crippen LogP contribution in [0.5, 0.6) is 0 Å². The van der Waals surface area contributed by atoms with Crippen LogP contribution in [0, 0.1) is 0 Å². The van der Waals surface area contributed by atoms with E-state index in [2.05, 4.69) is 56.5 Å². The number of hydrogen-bond donors (Lipinski definition) is 2. The summed E-state index contributed by atoms with van der Waals surface area (Å²) in [7, 11) is 0. The minimum Gasteiger partial charge on any atom is -0.384 e. The van der Waals surface area contributed by atoms with Crippen LogP contribution in [-0.4, -0.2) is 18.5 Å². The Bertz CT molecular complexity index is 435. The van der Waals surface area contributed by atoms with Gasteiger partial charge in [0, 0.05) is 24.7 Å². The molecule has 1 atom stereocenters. The minimum atomic E-state index is 0.0998. The van der Waals surface area contributed by atoms with E-state index in [9.17, 15) is 4.79 Å². The molecule has 1 rings (SSSR count). The molecule has 0 aliphatic carbocycles. The van der Waals surface area contributed by atoms with Gasteiger partial charge in [-0.25, -0.2) is 0 Å². The van der Waals surface area contributed by atoms with Gasteiger partial charge in [-0.2, -0.15) is 0 Å². The molecule has 20 heavy (non-hydrogen) atoms. The number of hydrogen-bond acceptors (Lipinski definition) is 2. The van der Waals surface area contributed by atoms with Crippen molar-refractivity contribution in [2.24, 2.45) is 0 Å². The fourth-order valence-electron chi connectivity index (χ4n) is 2.05. The third-order valence-electron chi connectivity index (χ3n) is 3.42. The maximum Gasteiger partial charge on any atom is 0.221 e. The van der Waals surface area contributed by atoms with Crippen LogP contribution in [0.15, 0.2) is 24.3 Å². The normalized spacial score (nSPS) is 12.8. The highest BCUT2D eigenvalue weighted by atomic mass is 16.1. The Morgan fingerprint density at radius 2 is 1.90 bits per heavy atom. The number of nitrogens with one attached hydrogen (secondary N) is 2. The smallest absolute Gasteiger partial charge is 0.221 e. The zero-order chi connectivity index (χ0) is 15.2. The van der Waals surface area contributed by atoms with Crippen LogP contribution in [0.4, 0.5) is 5.69 Å². The molecule has 0 heterocycles. The van der Waals surface area contributed by atoms with Gasteiger partial charge in [0.15, 0.2) is 0 Å². The molecule has 0 radical (unpaired) electrons. The highest BCUT2D eigenvalue weighted by molar-refractivity contribution is 5.76. The maximum absolute atomic E-state index is 11.7. The fourth-order valence-corrected chi connectivity index (χ4v) is 2.05. The van der Waals surface area contributed by atoms with E-state index in [-0.39, 0.29) is 17.4 Å². The van der Waals surface area contributed by atoms with Crippen molar-refractivity contribution in [2.45, 2.75) is 58.9 Å². The summed E-state index contributed by atoms with van der Waals surface area (Å²) >= 11 is 0. The topological polar surface area (TPSA) is 41.1 Å². The average molecular weight is 276 g/mol. The van der Waals surface area contributed by atoms with Crippen LogP contribution in [0.1, 0.15) is 53.0 Å². The number of carbonyl (C=O) groups excluding carboxylic acids is 1. The van der Waals surface area contributed by atoms with Gasteiger partial charge in [-0.1, -0.05) is 45.9 Å². The predicted octanol–water partition coefficient (Wildman–Crippen LogP) is 3.70. The maximum atomic E-state index is 11.7. The second-order valence-electron chi connectivity index (χ2n) is 6.35. The van der Waals surface area contributed by atoms with E-state index in [1.54, 1.807) is 0 Å². The van der Waals surface area contributed by atoms with Crippen molar-refractivity contribution in [1.29, 1.82) is 0 Å². The van der Waals surface area contributed by atoms with E-state index in [0.717, 1.165) is 12.1 Å². The lowest BCUT2D eigenvalue weighted by molar-refractivity contribution is -0.121. The van der Waals surface area contributed by atoms with Gasteiger partial charge in [0.25, 0.3) is 0 Å². The second kappa shape index (κ2) is 7.32. The number of amides is 1. The summed E-state index contributed by atoms with van der Waals surface area (Å²) in [6.45, 7) is 11.4. The molecule has 0 saturated heterocycles. The van der Waals surface area contributed by atoms with E-state index in [0.29, 0.717) is 13.0 Å².